The minimum atomic E-state index is -0.558. The first-order chi connectivity index (χ1) is 13.7. The van der Waals surface area contributed by atoms with E-state index in [0.29, 0.717) is 25.2 Å². The second kappa shape index (κ2) is 7.16. The zero-order chi connectivity index (χ0) is 20.8. The quantitative estimate of drug-likeness (QED) is 0.754. The molecule has 1 aromatic heterocycles. The van der Waals surface area contributed by atoms with Crippen LogP contribution in [0.15, 0.2) is 34.9 Å². The second-order valence-electron chi connectivity index (χ2n) is 8.68. The van der Waals surface area contributed by atoms with Gasteiger partial charge in [0.15, 0.2) is 0 Å². The largest absolute Gasteiger partial charge is 0.444 e. The van der Waals surface area contributed by atoms with Crippen molar-refractivity contribution >= 4 is 27.9 Å². The first kappa shape index (κ1) is 19.9. The van der Waals surface area contributed by atoms with Crippen LogP contribution in [0.4, 0.5) is 4.79 Å². The summed E-state index contributed by atoms with van der Waals surface area (Å²) < 4.78 is 8.27. The third kappa shape index (κ3) is 4.17. The van der Waals surface area contributed by atoms with Crippen molar-refractivity contribution in [2.24, 2.45) is 0 Å². The van der Waals surface area contributed by atoms with Gasteiger partial charge in [0.1, 0.15) is 5.60 Å². The minimum absolute atomic E-state index is 0.158. The maximum atomic E-state index is 13.1. The number of hydrogen-bond donors (Lipinski definition) is 1. The van der Waals surface area contributed by atoms with Crippen LogP contribution in [0.1, 0.15) is 55.2 Å². The summed E-state index contributed by atoms with van der Waals surface area (Å²) in [7, 11) is 0. The van der Waals surface area contributed by atoms with Crippen LogP contribution in [-0.4, -0.2) is 38.8 Å². The number of fused-ring (bicyclic) bond motifs is 1. The smallest absolute Gasteiger partial charge is 0.410 e. The minimum Gasteiger partial charge on any atom is -0.444 e. The van der Waals surface area contributed by atoms with E-state index in [1.54, 1.807) is 15.8 Å². The first-order valence-electron chi connectivity index (χ1n) is 9.78. The van der Waals surface area contributed by atoms with E-state index in [1.165, 1.54) is 0 Å². The maximum Gasteiger partial charge on any atom is 0.410 e. The van der Waals surface area contributed by atoms with Gasteiger partial charge in [0.2, 0.25) is 0 Å². The molecule has 1 fully saturated rings. The molecule has 7 nitrogen and oxygen atoms in total. The molecule has 2 aliphatic rings. The Labute approximate surface area is 178 Å². The number of hydrogen-bond acceptors (Lipinski definition) is 4. The number of carbonyl (C=O) groups excluding carboxylic acids is 2. The predicted molar refractivity (Wildman–Crippen MR) is 111 cm³/mol. The third-order valence-corrected chi connectivity index (χ3v) is 5.74. The maximum absolute atomic E-state index is 13.1. The lowest BCUT2D eigenvalue weighted by atomic mass is 10.0. The Hall–Kier alpha value is -2.35. The van der Waals surface area contributed by atoms with E-state index >= 15 is 0 Å². The Morgan fingerprint density at radius 2 is 2.00 bits per heavy atom. The number of ether oxygens (including phenoxy) is 1. The Balaban J connectivity index is 1.51. The van der Waals surface area contributed by atoms with Crippen LogP contribution < -0.4 is 5.32 Å². The number of aromatic nitrogens is 2. The molecule has 8 heteroatoms. The fourth-order valence-corrected chi connectivity index (χ4v) is 4.00. The van der Waals surface area contributed by atoms with Gasteiger partial charge in [0.25, 0.3) is 5.91 Å². The predicted octanol–water partition coefficient (Wildman–Crippen LogP) is 3.82. The average molecular weight is 461 g/mol. The molecule has 29 heavy (non-hydrogen) atoms. The van der Waals surface area contributed by atoms with Crippen LogP contribution in [-0.2, 0) is 23.4 Å². The molecule has 0 radical (unpaired) electrons. The van der Waals surface area contributed by atoms with Gasteiger partial charge in [-0.1, -0.05) is 28.1 Å². The van der Waals surface area contributed by atoms with Gasteiger partial charge >= 0.3 is 6.09 Å². The summed E-state index contributed by atoms with van der Waals surface area (Å²) in [5, 5.41) is 7.55. The van der Waals surface area contributed by atoms with E-state index in [1.807, 2.05) is 45.0 Å². The van der Waals surface area contributed by atoms with Gasteiger partial charge in [-0.3, -0.25) is 9.48 Å². The van der Waals surface area contributed by atoms with Gasteiger partial charge in [-0.05, 0) is 51.3 Å². The van der Waals surface area contributed by atoms with E-state index < -0.39 is 5.60 Å². The molecular weight excluding hydrogens is 436 g/mol. The number of amides is 2. The lowest BCUT2D eigenvalue weighted by molar-refractivity contribution is 0.0193. The summed E-state index contributed by atoms with van der Waals surface area (Å²) in [5.41, 5.74) is 1.47. The number of nitrogens with one attached hydrogen (secondary N) is 1. The number of benzene rings is 1. The molecule has 1 aromatic carbocycles. The van der Waals surface area contributed by atoms with Crippen molar-refractivity contribution in [3.8, 4) is 0 Å². The summed E-state index contributed by atoms with van der Waals surface area (Å²) >= 11 is 3.50. The van der Waals surface area contributed by atoms with Gasteiger partial charge in [0, 0.05) is 11.0 Å². The van der Waals surface area contributed by atoms with E-state index in [9.17, 15) is 9.59 Å². The fraction of sp³-hybridized carbons (Fsp3) is 0.476. The monoisotopic (exact) mass is 460 g/mol. The molecule has 1 aliphatic heterocycles. The number of halogens is 1. The van der Waals surface area contributed by atoms with Crippen LogP contribution in [0.25, 0.3) is 0 Å². The highest BCUT2D eigenvalue weighted by Gasteiger charge is 2.46. The van der Waals surface area contributed by atoms with E-state index in [-0.39, 0.29) is 17.5 Å². The molecule has 2 aromatic rings. The second-order valence-corrected chi connectivity index (χ2v) is 9.59. The molecule has 1 saturated carbocycles. The van der Waals surface area contributed by atoms with Gasteiger partial charge in [0.05, 0.1) is 36.1 Å². The van der Waals surface area contributed by atoms with Crippen molar-refractivity contribution in [3.05, 3.63) is 51.8 Å². The highest BCUT2D eigenvalue weighted by molar-refractivity contribution is 9.10. The molecule has 0 bridgehead atoms. The average Bonchev–Trinajstić information content (AvgIpc) is 3.29. The number of rotatable bonds is 3. The molecule has 4 rings (SSSR count). The van der Waals surface area contributed by atoms with Crippen molar-refractivity contribution < 1.29 is 14.3 Å². The lowest BCUT2D eigenvalue weighted by Crippen LogP contribution is -2.42. The van der Waals surface area contributed by atoms with Crippen molar-refractivity contribution in [1.29, 1.82) is 0 Å². The van der Waals surface area contributed by atoms with E-state index in [4.69, 9.17) is 4.74 Å². The molecule has 1 aliphatic carbocycles. The van der Waals surface area contributed by atoms with Crippen LogP contribution in [0, 0.1) is 0 Å². The van der Waals surface area contributed by atoms with Crippen LogP contribution in [0.5, 0.6) is 0 Å². The molecule has 0 unspecified atom stereocenters. The summed E-state index contributed by atoms with van der Waals surface area (Å²) in [6.45, 7) is 6.88. The summed E-state index contributed by atoms with van der Waals surface area (Å²) in [6, 6.07) is 8.04. The highest BCUT2D eigenvalue weighted by atomic mass is 79.9. The van der Waals surface area contributed by atoms with E-state index in [2.05, 4.69) is 26.3 Å². The highest BCUT2D eigenvalue weighted by Crippen LogP contribution is 2.46. The summed E-state index contributed by atoms with van der Waals surface area (Å²) in [4.78, 5) is 27.2. The molecule has 0 atom stereocenters. The Morgan fingerprint density at radius 1 is 1.24 bits per heavy atom. The van der Waals surface area contributed by atoms with Crippen molar-refractivity contribution in [2.75, 3.05) is 6.54 Å². The summed E-state index contributed by atoms with van der Waals surface area (Å²) in [5.74, 6) is -0.158. The van der Waals surface area contributed by atoms with Crippen LogP contribution in [0.3, 0.4) is 0 Å². The topological polar surface area (TPSA) is 76.5 Å². The SMILES string of the molecule is CC(C)(C)OC(=O)N1CCn2ncc(C(=O)NC3(c4cccc(Br)c4)CC3)c2C1. The Bertz CT molecular complexity index is 959. The zero-order valence-electron chi connectivity index (χ0n) is 16.9. The molecule has 1 N–H and O–H groups in total. The number of carbonyl (C=O) groups is 2. The Kier molecular flexibility index (Phi) is 4.93. The third-order valence-electron chi connectivity index (χ3n) is 5.25. The molecular formula is C21H25BrN4O3. The van der Waals surface area contributed by atoms with Gasteiger partial charge in [-0.2, -0.15) is 5.10 Å². The molecule has 0 saturated heterocycles. The normalized spacial score (nSPS) is 17.4. The molecule has 2 amide bonds. The van der Waals surface area contributed by atoms with Crippen LogP contribution >= 0.6 is 15.9 Å². The van der Waals surface area contributed by atoms with Crippen LogP contribution in [0.2, 0.25) is 0 Å². The van der Waals surface area contributed by atoms with Crippen molar-refractivity contribution in [1.82, 2.24) is 20.0 Å². The van der Waals surface area contributed by atoms with Gasteiger partial charge in [-0.25, -0.2) is 4.79 Å². The standard InChI is InChI=1S/C21H25BrN4O3/c1-20(2,3)29-19(28)25-9-10-26-17(13-25)16(12-23-26)18(27)24-21(7-8-21)14-5-4-6-15(22)11-14/h4-6,11-12H,7-10,13H2,1-3H3,(H,24,27). The first-order valence-corrected chi connectivity index (χ1v) is 10.6. The summed E-state index contributed by atoms with van der Waals surface area (Å²) in [6.07, 6.45) is 3.04. The molecule has 154 valence electrons. The van der Waals surface area contributed by atoms with E-state index in [0.717, 1.165) is 28.6 Å². The zero-order valence-corrected chi connectivity index (χ0v) is 18.5. The van der Waals surface area contributed by atoms with Gasteiger partial charge < -0.3 is 15.0 Å². The molecule has 0 spiro atoms. The van der Waals surface area contributed by atoms with Gasteiger partial charge in [-0.15, -0.1) is 0 Å². The van der Waals surface area contributed by atoms with Crippen molar-refractivity contribution in [2.45, 2.75) is 57.8 Å². The fourth-order valence-electron chi connectivity index (χ4n) is 3.60. The lowest BCUT2D eigenvalue weighted by Gasteiger charge is -2.30. The molecule has 2 heterocycles. The number of nitrogens with zero attached hydrogens (tertiary/aromatic N) is 3. The Morgan fingerprint density at radius 3 is 2.66 bits per heavy atom. The van der Waals surface area contributed by atoms with Crippen molar-refractivity contribution in [3.63, 3.8) is 0 Å².